The van der Waals surface area contributed by atoms with Crippen LogP contribution in [-0.4, -0.2) is 71.6 Å². The number of aromatic nitrogens is 3. The van der Waals surface area contributed by atoms with Crippen LogP contribution in [0.2, 0.25) is 0 Å². The summed E-state index contributed by atoms with van der Waals surface area (Å²) in [5.74, 6) is -3.20. The van der Waals surface area contributed by atoms with E-state index in [1.807, 2.05) is 0 Å². The summed E-state index contributed by atoms with van der Waals surface area (Å²) in [6.45, 7) is -2.66. The minimum Gasteiger partial charge on any atom is -0.479 e. The van der Waals surface area contributed by atoms with Crippen molar-refractivity contribution in [2.75, 3.05) is 44.4 Å². The van der Waals surface area contributed by atoms with Crippen LogP contribution >= 0.6 is 0 Å². The molecule has 0 aliphatic carbocycles. The first kappa shape index (κ1) is 21.1. The number of hydrogen-bond donors (Lipinski definition) is 3. The molecule has 1 aliphatic rings. The van der Waals surface area contributed by atoms with Crippen molar-refractivity contribution in [2.45, 2.75) is 24.8 Å². The van der Waals surface area contributed by atoms with E-state index in [-0.39, 0.29) is 36.2 Å². The van der Waals surface area contributed by atoms with E-state index < -0.39 is 38.5 Å². The quantitative estimate of drug-likeness (QED) is 0.323. The van der Waals surface area contributed by atoms with Crippen molar-refractivity contribution in [3.05, 3.63) is 30.5 Å². The lowest BCUT2D eigenvalue weighted by atomic mass is 10.0. The largest absolute Gasteiger partial charge is 0.479 e. The number of methoxy groups -OCH3 is 1. The number of likely N-dealkylation sites (tertiary alicyclic amines) is 1. The summed E-state index contributed by atoms with van der Waals surface area (Å²) in [5.41, 5.74) is 9.30. The Morgan fingerprint density at radius 1 is 1.38 bits per heavy atom. The Bertz CT molecular complexity index is 1240. The van der Waals surface area contributed by atoms with Gasteiger partial charge in [0.05, 0.1) is 31.9 Å². The molecule has 0 unspecified atom stereocenters. The highest BCUT2D eigenvalue weighted by atomic mass is 19.3. The summed E-state index contributed by atoms with van der Waals surface area (Å²) in [5, 5.41) is 12.9. The van der Waals surface area contributed by atoms with Gasteiger partial charge in [-0.3, -0.25) is 0 Å². The molecule has 1 atom stereocenters. The molecule has 13 heteroatoms. The van der Waals surface area contributed by atoms with Crippen LogP contribution in [0.4, 0.5) is 34.9 Å². The Balaban J connectivity index is 1.65. The number of alkyl halides is 4. The van der Waals surface area contributed by atoms with Crippen molar-refractivity contribution in [1.82, 2.24) is 19.5 Å². The summed E-state index contributed by atoms with van der Waals surface area (Å²) in [6, 6.07) is 5.12. The maximum atomic E-state index is 14.7. The number of halogens is 4. The Labute approximate surface area is 195 Å². The molecule has 1 fully saturated rings. The van der Waals surface area contributed by atoms with Crippen molar-refractivity contribution < 1.29 is 25.0 Å². The van der Waals surface area contributed by atoms with Crippen molar-refractivity contribution in [3.63, 3.8) is 0 Å². The summed E-state index contributed by atoms with van der Waals surface area (Å²) < 4.78 is 76.3. The molecule has 3 heterocycles. The fourth-order valence-electron chi connectivity index (χ4n) is 3.86. The van der Waals surface area contributed by atoms with Gasteiger partial charge < -0.3 is 20.3 Å². The van der Waals surface area contributed by atoms with Gasteiger partial charge in [0.15, 0.2) is 0 Å². The minimum atomic E-state index is -3.21. The van der Waals surface area contributed by atoms with Crippen LogP contribution in [0.15, 0.2) is 35.6 Å². The molecule has 2 aromatic heterocycles. The molecular formula is C21H24F4N8O. The second kappa shape index (κ2) is 9.41. The first-order chi connectivity index (χ1) is 17.1. The van der Waals surface area contributed by atoms with Gasteiger partial charge in [-0.25, -0.2) is 27.6 Å². The van der Waals surface area contributed by atoms with Crippen LogP contribution in [0.5, 0.6) is 5.88 Å². The van der Waals surface area contributed by atoms with Crippen LogP contribution < -0.4 is 15.4 Å². The van der Waals surface area contributed by atoms with E-state index in [4.69, 9.17) is 13.0 Å². The van der Waals surface area contributed by atoms with Crippen molar-refractivity contribution in [3.8, 4) is 17.0 Å². The van der Waals surface area contributed by atoms with Crippen molar-refractivity contribution in [2.24, 2.45) is 5.11 Å². The van der Waals surface area contributed by atoms with Gasteiger partial charge in [0.1, 0.15) is 11.2 Å². The van der Waals surface area contributed by atoms with Gasteiger partial charge in [-0.1, -0.05) is 6.07 Å². The van der Waals surface area contributed by atoms with E-state index >= 15 is 0 Å². The Morgan fingerprint density at radius 2 is 2.21 bits per heavy atom. The van der Waals surface area contributed by atoms with Crippen molar-refractivity contribution in [1.29, 1.82) is 5.53 Å². The fraction of sp³-hybridized carbons (Fsp3) is 0.429. The van der Waals surface area contributed by atoms with E-state index in [1.54, 1.807) is 24.4 Å². The molecular weight excluding hydrogens is 456 g/mol. The molecule has 0 spiro atoms. The minimum absolute atomic E-state index is 0.0102. The Hall–Kier alpha value is -3.48. The molecule has 0 bridgehead atoms. The predicted molar refractivity (Wildman–Crippen MR) is 119 cm³/mol. The van der Waals surface area contributed by atoms with E-state index in [9.17, 15) is 17.6 Å². The van der Waals surface area contributed by atoms with Crippen LogP contribution in [0.3, 0.4) is 0 Å². The summed E-state index contributed by atoms with van der Waals surface area (Å²) >= 11 is 0. The van der Waals surface area contributed by atoms with E-state index in [0.717, 1.165) is 4.90 Å². The molecule has 4 rings (SSSR count). The van der Waals surface area contributed by atoms with E-state index in [0.29, 0.717) is 16.6 Å². The Morgan fingerprint density at radius 3 is 2.88 bits per heavy atom. The summed E-state index contributed by atoms with van der Waals surface area (Å²) in [6.07, 6.45) is -1.02. The third kappa shape index (κ3) is 4.74. The smallest absolute Gasteiger partial charge is 0.280 e. The average molecular weight is 482 g/mol. The summed E-state index contributed by atoms with van der Waals surface area (Å²) in [4.78, 5) is 5.33. The zero-order valence-corrected chi connectivity index (χ0v) is 18.1. The zero-order valence-electron chi connectivity index (χ0n) is 20.1. The number of hydrogen-bond acceptors (Lipinski definition) is 8. The number of nitrogens with one attached hydrogen (secondary N) is 3. The molecule has 34 heavy (non-hydrogen) atoms. The van der Waals surface area contributed by atoms with Gasteiger partial charge in [0, 0.05) is 21.0 Å². The molecule has 3 aromatic rings. The first-order valence-corrected chi connectivity index (χ1v) is 10.3. The third-order valence-corrected chi connectivity index (χ3v) is 5.48. The standard InChI is InChI=1S/C21H24F4N8O/c1-32-7-6-16(21(24,25)11-32)28-20-29-19(34-2)18-13(5-8-33(18)31-20)12-3-4-14(30-26)15(9-12)27-10-17(22)23/h3-5,8-9,16-17,26-27H,6-7,10-11H2,1-2H3,(H,28,31)/t16-/m1/s1/i1D2. The molecule has 1 aromatic carbocycles. The van der Waals surface area contributed by atoms with Crippen LogP contribution in [0.25, 0.3) is 16.6 Å². The fourth-order valence-corrected chi connectivity index (χ4v) is 3.86. The normalized spacial score (nSPS) is 19.2. The van der Waals surface area contributed by atoms with Gasteiger partial charge >= 0.3 is 0 Å². The number of anilines is 2. The number of nitrogens with zero attached hydrogens (tertiary/aromatic N) is 5. The lowest BCUT2D eigenvalue weighted by Crippen LogP contribution is -2.53. The number of benzene rings is 1. The molecule has 1 saturated heterocycles. The van der Waals surface area contributed by atoms with Gasteiger partial charge in [-0.2, -0.15) is 10.1 Å². The second-order valence-electron chi connectivity index (χ2n) is 7.80. The van der Waals surface area contributed by atoms with E-state index in [1.165, 1.54) is 17.7 Å². The average Bonchev–Trinajstić information content (AvgIpc) is 3.27. The number of piperidine rings is 1. The highest BCUT2D eigenvalue weighted by Gasteiger charge is 2.44. The molecule has 0 saturated carbocycles. The van der Waals surface area contributed by atoms with Gasteiger partial charge in [0.2, 0.25) is 11.8 Å². The van der Waals surface area contributed by atoms with Crippen LogP contribution in [-0.2, 0) is 0 Å². The van der Waals surface area contributed by atoms with Gasteiger partial charge in [0.25, 0.3) is 12.3 Å². The Kier molecular flexibility index (Phi) is 5.83. The highest BCUT2D eigenvalue weighted by molar-refractivity contribution is 5.87. The SMILES string of the molecule is [2H]C([2H])N1CC[C@@H](Nc2nc(OC)c3c(-c4ccc(N=N)c(NCC(F)F)c4)ccn3n2)C(F)(F)C1. The van der Waals surface area contributed by atoms with Crippen molar-refractivity contribution >= 4 is 22.8 Å². The first-order valence-electron chi connectivity index (χ1n) is 11.5. The molecule has 0 radical (unpaired) electrons. The van der Waals surface area contributed by atoms with E-state index in [2.05, 4.69) is 25.8 Å². The topological polar surface area (TPSA) is 103 Å². The molecule has 3 N–H and O–H groups in total. The lowest BCUT2D eigenvalue weighted by Gasteiger charge is -2.36. The summed E-state index contributed by atoms with van der Waals surface area (Å²) in [7, 11) is 1.37. The molecule has 0 amide bonds. The number of ether oxygens (including phenoxy) is 1. The van der Waals surface area contributed by atoms with Crippen LogP contribution in [0, 0.1) is 5.53 Å². The zero-order chi connectivity index (χ0) is 26.0. The third-order valence-electron chi connectivity index (χ3n) is 5.48. The maximum Gasteiger partial charge on any atom is 0.280 e. The van der Waals surface area contributed by atoms with Gasteiger partial charge in [-0.05, 0) is 37.2 Å². The number of rotatable bonds is 8. The molecule has 9 nitrogen and oxygen atoms in total. The van der Waals surface area contributed by atoms with Crippen LogP contribution in [0.1, 0.15) is 9.16 Å². The van der Waals surface area contributed by atoms with Gasteiger partial charge in [-0.15, -0.1) is 5.10 Å². The number of fused-ring (bicyclic) bond motifs is 1. The highest BCUT2D eigenvalue weighted by Crippen LogP contribution is 2.36. The molecule has 182 valence electrons. The second-order valence-corrected chi connectivity index (χ2v) is 7.80. The predicted octanol–water partition coefficient (Wildman–Crippen LogP) is 4.50. The molecule has 1 aliphatic heterocycles. The monoisotopic (exact) mass is 482 g/mol. The lowest BCUT2D eigenvalue weighted by molar-refractivity contribution is -0.0675. The maximum absolute atomic E-state index is 14.7.